The van der Waals surface area contributed by atoms with Gasteiger partial charge in [-0.15, -0.1) is 0 Å². The van der Waals surface area contributed by atoms with Gasteiger partial charge in [-0.2, -0.15) is 0 Å². The van der Waals surface area contributed by atoms with E-state index in [2.05, 4.69) is 38.5 Å². The second-order valence-corrected chi connectivity index (χ2v) is 4.79. The van der Waals surface area contributed by atoms with Crippen LogP contribution in [-0.2, 0) is 0 Å². The molecule has 0 atom stereocenters. The van der Waals surface area contributed by atoms with Crippen LogP contribution in [0.5, 0.6) is 5.75 Å². The van der Waals surface area contributed by atoms with Gasteiger partial charge in [-0.05, 0) is 50.7 Å². The third kappa shape index (κ3) is 2.54. The van der Waals surface area contributed by atoms with Crippen molar-refractivity contribution in [2.45, 2.75) is 0 Å². The summed E-state index contributed by atoms with van der Waals surface area (Å²) < 4.78 is 7.04. The monoisotopic (exact) mass is 371 g/mol. The first-order valence-corrected chi connectivity index (χ1v) is 5.67. The van der Waals surface area contributed by atoms with Gasteiger partial charge in [0.25, 0.3) is 0 Å². The summed E-state index contributed by atoms with van der Waals surface area (Å²) in [6.07, 6.45) is 0. The van der Waals surface area contributed by atoms with Crippen LogP contribution in [0.1, 0.15) is 5.56 Å². The standard InChI is InChI=1S/C8H7BrINOS/c1-12-7-2-4(8(11)13)6(10)3-5(7)9/h2-3H,1H3,(H2,11,13). The number of nitrogens with two attached hydrogens (primary N) is 1. The number of methoxy groups -OCH3 is 1. The highest BCUT2D eigenvalue weighted by Gasteiger charge is 2.08. The number of ether oxygens (including phenoxy) is 1. The van der Waals surface area contributed by atoms with Crippen molar-refractivity contribution >= 4 is 55.7 Å². The van der Waals surface area contributed by atoms with E-state index in [1.165, 1.54) is 0 Å². The third-order valence-corrected chi connectivity index (χ3v) is 3.24. The molecule has 0 saturated carbocycles. The molecular formula is C8H7BrINOS. The highest BCUT2D eigenvalue weighted by molar-refractivity contribution is 14.1. The van der Waals surface area contributed by atoms with Gasteiger partial charge in [0.1, 0.15) is 10.7 Å². The van der Waals surface area contributed by atoms with Crippen LogP contribution in [0.4, 0.5) is 0 Å². The molecule has 70 valence electrons. The third-order valence-electron chi connectivity index (χ3n) is 1.51. The highest BCUT2D eigenvalue weighted by atomic mass is 127. The number of benzene rings is 1. The maximum atomic E-state index is 5.54. The number of thiocarbonyl (C=S) groups is 1. The van der Waals surface area contributed by atoms with Crippen molar-refractivity contribution in [1.82, 2.24) is 0 Å². The fourth-order valence-electron chi connectivity index (χ4n) is 0.874. The molecule has 0 radical (unpaired) electrons. The molecule has 0 aliphatic rings. The Morgan fingerprint density at radius 1 is 1.62 bits per heavy atom. The molecule has 0 fully saturated rings. The summed E-state index contributed by atoms with van der Waals surface area (Å²) >= 11 is 10.5. The number of hydrogen-bond donors (Lipinski definition) is 1. The van der Waals surface area contributed by atoms with E-state index in [0.29, 0.717) is 4.99 Å². The SMILES string of the molecule is COc1cc(C(N)=S)c(I)cc1Br. The first kappa shape index (κ1) is 11.2. The number of rotatable bonds is 2. The van der Waals surface area contributed by atoms with Crippen molar-refractivity contribution in [2.24, 2.45) is 5.73 Å². The van der Waals surface area contributed by atoms with E-state index in [9.17, 15) is 0 Å². The molecule has 5 heteroatoms. The Balaban J connectivity index is 3.30. The maximum Gasteiger partial charge on any atom is 0.133 e. The molecule has 1 rings (SSSR count). The summed E-state index contributed by atoms with van der Waals surface area (Å²) in [5.41, 5.74) is 6.39. The van der Waals surface area contributed by atoms with Crippen LogP contribution >= 0.6 is 50.7 Å². The van der Waals surface area contributed by atoms with Crippen molar-refractivity contribution in [3.8, 4) is 5.75 Å². The van der Waals surface area contributed by atoms with E-state index in [1.807, 2.05) is 12.1 Å². The van der Waals surface area contributed by atoms with E-state index in [4.69, 9.17) is 22.7 Å². The van der Waals surface area contributed by atoms with Crippen LogP contribution in [0.25, 0.3) is 0 Å². The molecule has 0 amide bonds. The van der Waals surface area contributed by atoms with E-state index in [-0.39, 0.29) is 0 Å². The summed E-state index contributed by atoms with van der Waals surface area (Å²) in [6, 6.07) is 3.75. The quantitative estimate of drug-likeness (QED) is 0.641. The largest absolute Gasteiger partial charge is 0.496 e. The Hall–Kier alpha value is 0.120. The Morgan fingerprint density at radius 3 is 2.69 bits per heavy atom. The van der Waals surface area contributed by atoms with E-state index < -0.39 is 0 Å². The topological polar surface area (TPSA) is 35.2 Å². The summed E-state index contributed by atoms with van der Waals surface area (Å²) in [5, 5.41) is 0. The van der Waals surface area contributed by atoms with Crippen molar-refractivity contribution in [3.63, 3.8) is 0 Å². The smallest absolute Gasteiger partial charge is 0.133 e. The molecule has 0 spiro atoms. The lowest BCUT2D eigenvalue weighted by molar-refractivity contribution is 0.412. The zero-order chi connectivity index (χ0) is 10.0. The Labute approximate surface area is 104 Å². The summed E-state index contributed by atoms with van der Waals surface area (Å²) in [6.45, 7) is 0. The number of halogens is 2. The zero-order valence-corrected chi connectivity index (χ0v) is 11.4. The molecule has 0 aliphatic carbocycles. The van der Waals surface area contributed by atoms with Crippen molar-refractivity contribution < 1.29 is 4.74 Å². The van der Waals surface area contributed by atoms with Gasteiger partial charge in [-0.3, -0.25) is 0 Å². The molecule has 0 saturated heterocycles. The van der Waals surface area contributed by atoms with Gasteiger partial charge in [-0.1, -0.05) is 12.2 Å². The molecular weight excluding hydrogens is 365 g/mol. The maximum absolute atomic E-state index is 5.54. The highest BCUT2D eigenvalue weighted by Crippen LogP contribution is 2.29. The van der Waals surface area contributed by atoms with E-state index in [0.717, 1.165) is 19.4 Å². The van der Waals surface area contributed by atoms with Crippen molar-refractivity contribution in [2.75, 3.05) is 7.11 Å². The van der Waals surface area contributed by atoms with Gasteiger partial charge in [0.15, 0.2) is 0 Å². The molecule has 1 aromatic rings. The Bertz CT molecular complexity index is 356. The van der Waals surface area contributed by atoms with Crippen molar-refractivity contribution in [3.05, 3.63) is 25.7 Å². The first-order valence-electron chi connectivity index (χ1n) is 3.39. The van der Waals surface area contributed by atoms with Gasteiger partial charge in [0.05, 0.1) is 11.6 Å². The molecule has 2 nitrogen and oxygen atoms in total. The lowest BCUT2D eigenvalue weighted by Gasteiger charge is -2.07. The van der Waals surface area contributed by atoms with Gasteiger partial charge in [-0.25, -0.2) is 0 Å². The average Bonchev–Trinajstić information content (AvgIpc) is 2.03. The molecule has 0 bridgehead atoms. The van der Waals surface area contributed by atoms with Gasteiger partial charge < -0.3 is 10.5 Å². The minimum absolute atomic E-state index is 0.384. The lowest BCUT2D eigenvalue weighted by atomic mass is 10.2. The molecule has 0 heterocycles. The molecule has 0 aromatic heterocycles. The minimum atomic E-state index is 0.384. The van der Waals surface area contributed by atoms with E-state index in [1.54, 1.807) is 7.11 Å². The van der Waals surface area contributed by atoms with Gasteiger partial charge in [0, 0.05) is 9.13 Å². The fraction of sp³-hybridized carbons (Fsp3) is 0.125. The zero-order valence-electron chi connectivity index (χ0n) is 6.80. The summed E-state index contributed by atoms with van der Waals surface area (Å²) in [4.78, 5) is 0.384. The van der Waals surface area contributed by atoms with Crippen LogP contribution in [0.3, 0.4) is 0 Å². The summed E-state index contributed by atoms with van der Waals surface area (Å²) in [7, 11) is 1.61. The average molecular weight is 372 g/mol. The first-order chi connectivity index (χ1) is 6.06. The fourth-order valence-corrected chi connectivity index (χ4v) is 2.92. The predicted molar refractivity (Wildman–Crippen MR) is 69.3 cm³/mol. The minimum Gasteiger partial charge on any atom is -0.496 e. The molecule has 1 aromatic carbocycles. The second-order valence-electron chi connectivity index (χ2n) is 2.33. The number of hydrogen-bond acceptors (Lipinski definition) is 2. The summed E-state index contributed by atoms with van der Waals surface area (Å²) in [5.74, 6) is 0.739. The van der Waals surface area contributed by atoms with Crippen LogP contribution < -0.4 is 10.5 Å². The molecule has 0 unspecified atom stereocenters. The van der Waals surface area contributed by atoms with Crippen molar-refractivity contribution in [1.29, 1.82) is 0 Å². The van der Waals surface area contributed by atoms with Crippen LogP contribution in [0.2, 0.25) is 0 Å². The van der Waals surface area contributed by atoms with Crippen LogP contribution in [0, 0.1) is 3.57 Å². The Kier molecular flexibility index (Phi) is 3.93. The van der Waals surface area contributed by atoms with Crippen LogP contribution in [-0.4, -0.2) is 12.1 Å². The molecule has 13 heavy (non-hydrogen) atoms. The second kappa shape index (κ2) is 4.56. The van der Waals surface area contributed by atoms with E-state index >= 15 is 0 Å². The van der Waals surface area contributed by atoms with Crippen LogP contribution in [0.15, 0.2) is 16.6 Å². The van der Waals surface area contributed by atoms with Gasteiger partial charge >= 0.3 is 0 Å². The molecule has 0 aliphatic heterocycles. The normalized spacial score (nSPS) is 9.77. The van der Waals surface area contributed by atoms with Gasteiger partial charge in [0.2, 0.25) is 0 Å². The Morgan fingerprint density at radius 2 is 2.23 bits per heavy atom. The molecule has 2 N–H and O–H groups in total. The lowest BCUT2D eigenvalue weighted by Crippen LogP contribution is -2.11. The predicted octanol–water partition coefficient (Wildman–Crippen LogP) is 2.70.